The minimum Gasteiger partial charge on any atom is -0.487 e. The number of hydrogen-bond acceptors (Lipinski definition) is 4. The van der Waals surface area contributed by atoms with Crippen molar-refractivity contribution in [3.8, 4) is 0 Å². The van der Waals surface area contributed by atoms with E-state index in [-0.39, 0.29) is 13.0 Å². The van der Waals surface area contributed by atoms with Crippen molar-refractivity contribution in [3.05, 3.63) is 83.3 Å². The summed E-state index contributed by atoms with van der Waals surface area (Å²) >= 11 is 0. The number of aliphatic carboxylic acids is 1. The van der Waals surface area contributed by atoms with E-state index in [1.807, 2.05) is 24.3 Å². The van der Waals surface area contributed by atoms with E-state index >= 15 is 0 Å². The molecule has 3 rings (SSSR count). The first-order valence-corrected chi connectivity index (χ1v) is 7.34. The molecule has 0 radical (unpaired) electrons. The van der Waals surface area contributed by atoms with Crippen LogP contribution in [0.2, 0.25) is 0 Å². The molecule has 2 heterocycles. The fourth-order valence-electron chi connectivity index (χ4n) is 2.18. The van der Waals surface area contributed by atoms with Crippen molar-refractivity contribution in [1.82, 2.24) is 15.2 Å². The summed E-state index contributed by atoms with van der Waals surface area (Å²) in [4.78, 5) is 15.0. The molecule has 6 nitrogen and oxygen atoms in total. The number of carboxylic acid groups (broad SMARTS) is 1. The Morgan fingerprint density at radius 1 is 1.21 bits per heavy atom. The number of pyridine rings is 1. The molecule has 0 amide bonds. The molecule has 2 aromatic heterocycles. The third-order valence-electron chi connectivity index (χ3n) is 3.29. The average Bonchev–Trinajstić information content (AvgIpc) is 2.99. The molecule has 0 saturated heterocycles. The third kappa shape index (κ3) is 4.09. The second-order valence-electron chi connectivity index (χ2n) is 5.10. The van der Waals surface area contributed by atoms with Crippen LogP contribution in [-0.2, 0) is 22.6 Å². The zero-order chi connectivity index (χ0) is 16.8. The van der Waals surface area contributed by atoms with Gasteiger partial charge < -0.3 is 9.84 Å². The highest BCUT2D eigenvalue weighted by atomic mass is 16.5. The van der Waals surface area contributed by atoms with Gasteiger partial charge in [0.15, 0.2) is 0 Å². The molecule has 0 aliphatic heterocycles. The maximum atomic E-state index is 10.7. The van der Waals surface area contributed by atoms with E-state index in [0.29, 0.717) is 17.1 Å². The number of carbonyl (C=O) groups is 1. The predicted molar refractivity (Wildman–Crippen MR) is 87.7 cm³/mol. The SMILES string of the molecule is O=C(O)Cc1cccc(COC2=CC=C(c3ccn[nH]3)C=C=C2)n1. The highest BCUT2D eigenvalue weighted by Crippen LogP contribution is 2.16. The molecule has 0 atom stereocenters. The van der Waals surface area contributed by atoms with Crippen molar-refractivity contribution in [2.24, 2.45) is 0 Å². The van der Waals surface area contributed by atoms with Gasteiger partial charge in [-0.3, -0.25) is 14.9 Å². The number of nitrogens with zero attached hydrogens (tertiary/aromatic N) is 2. The molecule has 1 aliphatic rings. The van der Waals surface area contributed by atoms with Crippen LogP contribution < -0.4 is 0 Å². The largest absolute Gasteiger partial charge is 0.487 e. The molecule has 0 aromatic carbocycles. The highest BCUT2D eigenvalue weighted by Gasteiger charge is 2.05. The zero-order valence-electron chi connectivity index (χ0n) is 12.8. The van der Waals surface area contributed by atoms with Crippen LogP contribution in [0.3, 0.4) is 0 Å². The molecule has 0 saturated carbocycles. The molecule has 24 heavy (non-hydrogen) atoms. The number of ether oxygens (including phenoxy) is 1. The minimum atomic E-state index is -0.906. The van der Waals surface area contributed by atoms with E-state index in [0.717, 1.165) is 11.3 Å². The molecule has 6 heteroatoms. The van der Waals surface area contributed by atoms with Crippen molar-refractivity contribution in [3.63, 3.8) is 0 Å². The Kier molecular flexibility index (Phi) is 4.70. The fourth-order valence-corrected chi connectivity index (χ4v) is 2.18. The number of carboxylic acids is 1. The van der Waals surface area contributed by atoms with Crippen LogP contribution in [0.4, 0.5) is 0 Å². The molecule has 0 bridgehead atoms. The van der Waals surface area contributed by atoms with Gasteiger partial charge in [0.1, 0.15) is 12.4 Å². The van der Waals surface area contributed by atoms with Gasteiger partial charge in [-0.15, -0.1) is 5.73 Å². The van der Waals surface area contributed by atoms with Crippen LogP contribution in [0, 0.1) is 0 Å². The standard InChI is InChI=1S/C18H15N3O3/c22-18(23)11-14-4-2-5-15(20-14)12-24-16-6-1-3-13(7-8-16)17-9-10-19-21-17/h2-10H,11-12H2,(H,19,21)(H,22,23). The van der Waals surface area contributed by atoms with Gasteiger partial charge in [-0.1, -0.05) is 6.07 Å². The lowest BCUT2D eigenvalue weighted by molar-refractivity contribution is -0.136. The first-order valence-electron chi connectivity index (χ1n) is 7.34. The summed E-state index contributed by atoms with van der Waals surface area (Å²) < 4.78 is 5.72. The summed E-state index contributed by atoms with van der Waals surface area (Å²) in [6.07, 6.45) is 8.92. The average molecular weight is 321 g/mol. The van der Waals surface area contributed by atoms with Gasteiger partial charge in [0, 0.05) is 17.8 Å². The Bertz CT molecular complexity index is 857. The van der Waals surface area contributed by atoms with E-state index in [1.54, 1.807) is 30.5 Å². The van der Waals surface area contributed by atoms with Crippen LogP contribution >= 0.6 is 0 Å². The lowest BCUT2D eigenvalue weighted by Crippen LogP contribution is -2.04. The van der Waals surface area contributed by atoms with Gasteiger partial charge in [0.05, 0.1) is 23.5 Å². The molecule has 0 spiro atoms. The quantitative estimate of drug-likeness (QED) is 0.799. The maximum absolute atomic E-state index is 10.7. The zero-order valence-corrected chi connectivity index (χ0v) is 12.8. The maximum Gasteiger partial charge on any atom is 0.309 e. The Balaban J connectivity index is 1.67. The predicted octanol–water partition coefficient (Wildman–Crippen LogP) is 2.64. The summed E-state index contributed by atoms with van der Waals surface area (Å²) in [5.74, 6) is -0.261. The third-order valence-corrected chi connectivity index (χ3v) is 3.29. The Labute approximate surface area is 138 Å². The molecule has 2 N–H and O–H groups in total. The molecular formula is C18H15N3O3. The van der Waals surface area contributed by atoms with Crippen molar-refractivity contribution < 1.29 is 14.6 Å². The normalized spacial score (nSPS) is 13.2. The number of nitrogens with one attached hydrogen (secondary N) is 1. The fraction of sp³-hybridized carbons (Fsp3) is 0.111. The summed E-state index contributed by atoms with van der Waals surface area (Å²) in [6.45, 7) is 0.255. The van der Waals surface area contributed by atoms with E-state index in [4.69, 9.17) is 9.84 Å². The second-order valence-corrected chi connectivity index (χ2v) is 5.10. The van der Waals surface area contributed by atoms with Gasteiger partial charge in [0.2, 0.25) is 0 Å². The molecular weight excluding hydrogens is 306 g/mol. The van der Waals surface area contributed by atoms with Crippen molar-refractivity contribution >= 4 is 11.5 Å². The first kappa shape index (κ1) is 15.5. The molecule has 1 aliphatic carbocycles. The van der Waals surface area contributed by atoms with Gasteiger partial charge in [-0.05, 0) is 36.4 Å². The van der Waals surface area contributed by atoms with Crippen LogP contribution in [0.15, 0.2) is 66.3 Å². The highest BCUT2D eigenvalue weighted by molar-refractivity contribution is 5.73. The van der Waals surface area contributed by atoms with Crippen LogP contribution in [0.5, 0.6) is 0 Å². The summed E-state index contributed by atoms with van der Waals surface area (Å²) in [5.41, 5.74) is 6.08. The van der Waals surface area contributed by atoms with E-state index in [9.17, 15) is 4.79 Å². The van der Waals surface area contributed by atoms with E-state index in [1.165, 1.54) is 0 Å². The van der Waals surface area contributed by atoms with Gasteiger partial charge in [-0.2, -0.15) is 5.10 Å². The first-order chi connectivity index (χ1) is 11.7. The number of aromatic amines is 1. The number of aromatic nitrogens is 3. The molecule has 2 aromatic rings. The van der Waals surface area contributed by atoms with Crippen LogP contribution in [0.25, 0.3) is 5.57 Å². The number of H-pyrrole nitrogens is 1. The summed E-state index contributed by atoms with van der Waals surface area (Å²) in [6, 6.07) is 7.14. The van der Waals surface area contributed by atoms with E-state index < -0.39 is 5.97 Å². The van der Waals surface area contributed by atoms with Gasteiger partial charge in [-0.25, -0.2) is 0 Å². The lowest BCUT2D eigenvalue weighted by Gasteiger charge is -2.06. The molecule has 120 valence electrons. The van der Waals surface area contributed by atoms with Crippen molar-refractivity contribution in [1.29, 1.82) is 0 Å². The second kappa shape index (κ2) is 7.26. The van der Waals surface area contributed by atoms with Crippen molar-refractivity contribution in [2.75, 3.05) is 0 Å². The lowest BCUT2D eigenvalue weighted by atomic mass is 10.2. The Hall–Kier alpha value is -3.37. The topological polar surface area (TPSA) is 88.1 Å². The number of allylic oxidation sites excluding steroid dienone is 4. The van der Waals surface area contributed by atoms with Gasteiger partial charge >= 0.3 is 5.97 Å². The molecule has 0 fully saturated rings. The van der Waals surface area contributed by atoms with Crippen LogP contribution in [0.1, 0.15) is 17.1 Å². The van der Waals surface area contributed by atoms with Crippen molar-refractivity contribution in [2.45, 2.75) is 13.0 Å². The molecule has 0 unspecified atom stereocenters. The smallest absolute Gasteiger partial charge is 0.309 e. The minimum absolute atomic E-state index is 0.102. The Morgan fingerprint density at radius 3 is 2.88 bits per heavy atom. The van der Waals surface area contributed by atoms with Crippen LogP contribution in [-0.4, -0.2) is 26.3 Å². The van der Waals surface area contributed by atoms with Gasteiger partial charge in [0.25, 0.3) is 0 Å². The summed E-state index contributed by atoms with van der Waals surface area (Å²) in [7, 11) is 0. The monoisotopic (exact) mass is 321 g/mol. The van der Waals surface area contributed by atoms with E-state index in [2.05, 4.69) is 20.9 Å². The Morgan fingerprint density at radius 2 is 2.08 bits per heavy atom. The summed E-state index contributed by atoms with van der Waals surface area (Å²) in [5, 5.41) is 15.6. The number of hydrogen-bond donors (Lipinski definition) is 2. The number of rotatable bonds is 6.